The Hall–Kier alpha value is -1.62. The third-order valence-electron chi connectivity index (χ3n) is 2.18. The van der Waals surface area contributed by atoms with E-state index in [0.717, 1.165) is 0 Å². The lowest BCUT2D eigenvalue weighted by Crippen LogP contribution is -2.33. The molecule has 88 valence electrons. The number of methoxy groups -OCH3 is 2. The highest BCUT2D eigenvalue weighted by Gasteiger charge is 2.15. The Morgan fingerprint density at radius 1 is 1.50 bits per heavy atom. The number of benzene rings is 1. The molecular weight excluding hydrogens is 213 g/mol. The lowest BCUT2D eigenvalue weighted by Gasteiger charge is -2.10. The molecule has 2 N–H and O–H groups in total. The van der Waals surface area contributed by atoms with E-state index in [1.807, 2.05) is 0 Å². The topological polar surface area (TPSA) is 61.5 Å². The van der Waals surface area contributed by atoms with Gasteiger partial charge in [0.2, 0.25) is 0 Å². The minimum Gasteiger partial charge on any atom is -0.494 e. The minimum atomic E-state index is -0.780. The number of esters is 1. The van der Waals surface area contributed by atoms with Gasteiger partial charge in [-0.3, -0.25) is 4.79 Å². The predicted molar refractivity (Wildman–Crippen MR) is 56.6 cm³/mol. The van der Waals surface area contributed by atoms with E-state index in [4.69, 9.17) is 10.5 Å². The summed E-state index contributed by atoms with van der Waals surface area (Å²) in [6, 6.07) is 3.67. The molecule has 1 aromatic carbocycles. The molecule has 0 aliphatic carbocycles. The van der Waals surface area contributed by atoms with Gasteiger partial charge >= 0.3 is 5.97 Å². The minimum absolute atomic E-state index is 0.162. The molecule has 0 heterocycles. The van der Waals surface area contributed by atoms with Crippen LogP contribution in [-0.2, 0) is 16.0 Å². The second kappa shape index (κ2) is 5.46. The first-order chi connectivity index (χ1) is 7.58. The molecule has 4 nitrogen and oxygen atoms in total. The van der Waals surface area contributed by atoms with Crippen LogP contribution in [0.5, 0.6) is 5.75 Å². The third-order valence-corrected chi connectivity index (χ3v) is 2.18. The summed E-state index contributed by atoms with van der Waals surface area (Å²) in [5, 5.41) is 0. The molecular formula is C11H14FNO3. The average Bonchev–Trinajstić information content (AvgIpc) is 2.28. The molecule has 0 saturated carbocycles. The molecule has 1 atom stereocenters. The number of carbonyl (C=O) groups excluding carboxylic acids is 1. The van der Waals surface area contributed by atoms with Crippen molar-refractivity contribution in [1.29, 1.82) is 0 Å². The molecule has 0 saturated heterocycles. The van der Waals surface area contributed by atoms with E-state index >= 15 is 0 Å². The van der Waals surface area contributed by atoms with E-state index < -0.39 is 17.8 Å². The normalized spacial score (nSPS) is 12.0. The Morgan fingerprint density at radius 2 is 2.19 bits per heavy atom. The predicted octanol–water partition coefficient (Wildman–Crippen LogP) is 0.877. The molecule has 0 aliphatic rings. The molecule has 16 heavy (non-hydrogen) atoms. The smallest absolute Gasteiger partial charge is 0.322 e. The quantitative estimate of drug-likeness (QED) is 0.775. The maximum Gasteiger partial charge on any atom is 0.322 e. The first-order valence-electron chi connectivity index (χ1n) is 4.74. The molecule has 0 aliphatic heterocycles. The zero-order valence-electron chi connectivity index (χ0n) is 9.20. The fourth-order valence-electron chi connectivity index (χ4n) is 1.33. The third kappa shape index (κ3) is 2.93. The first-order valence-corrected chi connectivity index (χ1v) is 4.74. The van der Waals surface area contributed by atoms with Crippen molar-refractivity contribution in [2.75, 3.05) is 14.2 Å². The number of hydrogen-bond acceptors (Lipinski definition) is 4. The lowest BCUT2D eigenvalue weighted by atomic mass is 10.1. The summed E-state index contributed by atoms with van der Waals surface area (Å²) in [5.74, 6) is -0.830. The van der Waals surface area contributed by atoms with E-state index in [2.05, 4.69) is 4.74 Å². The van der Waals surface area contributed by atoms with Crippen LogP contribution in [-0.4, -0.2) is 26.2 Å². The van der Waals surface area contributed by atoms with Crippen LogP contribution in [0.25, 0.3) is 0 Å². The Labute approximate surface area is 93.2 Å². The van der Waals surface area contributed by atoms with Crippen molar-refractivity contribution in [2.45, 2.75) is 12.5 Å². The van der Waals surface area contributed by atoms with Crippen molar-refractivity contribution in [3.8, 4) is 5.75 Å². The number of nitrogens with two attached hydrogens (primary N) is 1. The van der Waals surface area contributed by atoms with Crippen LogP contribution in [0.1, 0.15) is 5.56 Å². The Bertz CT molecular complexity index is 381. The van der Waals surface area contributed by atoms with Crippen molar-refractivity contribution < 1.29 is 18.7 Å². The van der Waals surface area contributed by atoms with Gasteiger partial charge in [0.15, 0.2) is 11.6 Å². The second-order valence-electron chi connectivity index (χ2n) is 3.30. The van der Waals surface area contributed by atoms with E-state index in [0.29, 0.717) is 5.56 Å². The summed E-state index contributed by atoms with van der Waals surface area (Å²) < 4.78 is 22.6. The largest absolute Gasteiger partial charge is 0.494 e. The van der Waals surface area contributed by atoms with Gasteiger partial charge in [0.05, 0.1) is 14.2 Å². The van der Waals surface area contributed by atoms with Crippen LogP contribution in [0.15, 0.2) is 18.2 Å². The molecule has 1 aromatic rings. The monoisotopic (exact) mass is 227 g/mol. The van der Waals surface area contributed by atoms with Gasteiger partial charge in [-0.05, 0) is 24.1 Å². The van der Waals surface area contributed by atoms with Gasteiger partial charge in [-0.1, -0.05) is 6.07 Å². The fourth-order valence-corrected chi connectivity index (χ4v) is 1.33. The zero-order valence-corrected chi connectivity index (χ0v) is 9.20. The summed E-state index contributed by atoms with van der Waals surface area (Å²) in [4.78, 5) is 11.1. The van der Waals surface area contributed by atoms with Crippen molar-refractivity contribution in [2.24, 2.45) is 5.73 Å². The van der Waals surface area contributed by atoms with E-state index in [1.165, 1.54) is 26.4 Å². The fraction of sp³-hybridized carbons (Fsp3) is 0.364. The van der Waals surface area contributed by atoms with Gasteiger partial charge in [-0.25, -0.2) is 4.39 Å². The number of hydrogen-bond donors (Lipinski definition) is 1. The van der Waals surface area contributed by atoms with Gasteiger partial charge in [0, 0.05) is 0 Å². The number of ether oxygens (including phenoxy) is 2. The Morgan fingerprint density at radius 3 is 2.69 bits per heavy atom. The number of carbonyl (C=O) groups is 1. The van der Waals surface area contributed by atoms with E-state index in [9.17, 15) is 9.18 Å². The van der Waals surface area contributed by atoms with Crippen molar-refractivity contribution in [3.05, 3.63) is 29.6 Å². The zero-order chi connectivity index (χ0) is 12.1. The summed E-state index contributed by atoms with van der Waals surface area (Å²) in [6.07, 6.45) is 0.230. The van der Waals surface area contributed by atoms with Crippen LogP contribution < -0.4 is 10.5 Å². The SMILES string of the molecule is COC(=O)[C@H](N)Cc1ccc(OC)c(F)c1. The van der Waals surface area contributed by atoms with Gasteiger partial charge in [0.1, 0.15) is 6.04 Å². The highest BCUT2D eigenvalue weighted by Crippen LogP contribution is 2.18. The Balaban J connectivity index is 2.75. The molecule has 0 bridgehead atoms. The van der Waals surface area contributed by atoms with Gasteiger partial charge in [0.25, 0.3) is 0 Å². The molecule has 0 spiro atoms. The summed E-state index contributed by atoms with van der Waals surface area (Å²) in [6.45, 7) is 0. The van der Waals surface area contributed by atoms with Gasteiger partial charge in [-0.15, -0.1) is 0 Å². The maximum atomic E-state index is 13.3. The lowest BCUT2D eigenvalue weighted by molar-refractivity contribution is -0.142. The van der Waals surface area contributed by atoms with Crippen molar-refractivity contribution >= 4 is 5.97 Å². The standard InChI is InChI=1S/C11H14FNO3/c1-15-10-4-3-7(5-8(10)12)6-9(13)11(14)16-2/h3-5,9H,6,13H2,1-2H3/t9-/m1/s1. The maximum absolute atomic E-state index is 13.3. The van der Waals surface area contributed by atoms with E-state index in [-0.39, 0.29) is 12.2 Å². The summed E-state index contributed by atoms with van der Waals surface area (Å²) in [7, 11) is 2.65. The number of rotatable bonds is 4. The highest BCUT2D eigenvalue weighted by molar-refractivity contribution is 5.75. The molecule has 0 aromatic heterocycles. The highest BCUT2D eigenvalue weighted by atomic mass is 19.1. The van der Waals surface area contributed by atoms with Gasteiger partial charge < -0.3 is 15.2 Å². The van der Waals surface area contributed by atoms with Crippen molar-refractivity contribution in [1.82, 2.24) is 0 Å². The molecule has 0 radical (unpaired) electrons. The van der Waals surface area contributed by atoms with Crippen molar-refractivity contribution in [3.63, 3.8) is 0 Å². The molecule has 0 amide bonds. The van der Waals surface area contributed by atoms with E-state index in [1.54, 1.807) is 6.07 Å². The van der Waals surface area contributed by atoms with Crippen LogP contribution in [0.2, 0.25) is 0 Å². The first kappa shape index (κ1) is 12.4. The Kier molecular flexibility index (Phi) is 4.25. The summed E-state index contributed by atoms with van der Waals surface area (Å²) >= 11 is 0. The van der Waals surface area contributed by atoms with Crippen LogP contribution in [0.4, 0.5) is 4.39 Å². The molecule has 1 rings (SSSR count). The van der Waals surface area contributed by atoms with Crippen LogP contribution >= 0.6 is 0 Å². The average molecular weight is 227 g/mol. The second-order valence-corrected chi connectivity index (χ2v) is 3.30. The van der Waals surface area contributed by atoms with Gasteiger partial charge in [-0.2, -0.15) is 0 Å². The number of halogens is 1. The van der Waals surface area contributed by atoms with Crippen LogP contribution in [0, 0.1) is 5.82 Å². The summed E-state index contributed by atoms with van der Waals surface area (Å²) in [5.41, 5.74) is 6.17. The van der Waals surface area contributed by atoms with Crippen LogP contribution in [0.3, 0.4) is 0 Å². The molecule has 0 fully saturated rings. The molecule has 5 heteroatoms. The molecule has 0 unspecified atom stereocenters.